The summed E-state index contributed by atoms with van der Waals surface area (Å²) in [6.07, 6.45) is 1.70. The van der Waals surface area contributed by atoms with Crippen molar-refractivity contribution < 1.29 is 9.47 Å². The minimum absolute atomic E-state index is 0.0970. The van der Waals surface area contributed by atoms with Gasteiger partial charge < -0.3 is 20.1 Å². The van der Waals surface area contributed by atoms with Crippen LogP contribution < -0.4 is 20.1 Å². The number of nitrogens with zero attached hydrogens (tertiary/aromatic N) is 3. The number of rotatable bonds is 5. The molecule has 2 heterocycles. The maximum absolute atomic E-state index is 5.88. The summed E-state index contributed by atoms with van der Waals surface area (Å²) in [5, 5.41) is 6.09. The molecule has 1 aliphatic heterocycles. The molecule has 0 saturated heterocycles. The van der Waals surface area contributed by atoms with Gasteiger partial charge in [-0.05, 0) is 23.7 Å². The molecule has 2 N–H and O–H groups in total. The largest absolute Gasteiger partial charge is 0.454 e. The Morgan fingerprint density at radius 1 is 1.19 bits per heavy atom. The molecule has 0 fully saturated rings. The molecule has 0 atom stereocenters. The standard InChI is InChI=1S/C13H12ClN5O2/c1-2-5-15-12-17-11(14)18-13(19-12)16-8-3-4-9-10(6-8)21-7-20-9/h2-4,6H,1,5,7H2,(H2,15,16,17,18,19). The molecule has 0 spiro atoms. The van der Waals surface area contributed by atoms with E-state index in [0.717, 1.165) is 5.69 Å². The van der Waals surface area contributed by atoms with Crippen molar-refractivity contribution in [1.82, 2.24) is 15.0 Å². The van der Waals surface area contributed by atoms with E-state index in [1.165, 1.54) is 0 Å². The van der Waals surface area contributed by atoms with E-state index in [1.807, 2.05) is 12.1 Å². The molecular formula is C13H12ClN5O2. The van der Waals surface area contributed by atoms with Crippen LogP contribution in [-0.2, 0) is 0 Å². The molecule has 1 aromatic carbocycles. The first-order valence-electron chi connectivity index (χ1n) is 6.17. The van der Waals surface area contributed by atoms with E-state index in [-0.39, 0.29) is 12.1 Å². The summed E-state index contributed by atoms with van der Waals surface area (Å²) >= 11 is 5.88. The molecule has 21 heavy (non-hydrogen) atoms. The van der Waals surface area contributed by atoms with Crippen molar-refractivity contribution in [2.45, 2.75) is 0 Å². The average molecular weight is 306 g/mol. The number of anilines is 3. The Labute approximate surface area is 126 Å². The number of hydrogen-bond donors (Lipinski definition) is 2. The van der Waals surface area contributed by atoms with Gasteiger partial charge in [0.25, 0.3) is 0 Å². The number of benzene rings is 1. The van der Waals surface area contributed by atoms with Gasteiger partial charge in [-0.3, -0.25) is 0 Å². The third-order valence-electron chi connectivity index (χ3n) is 2.64. The molecular weight excluding hydrogens is 294 g/mol. The second kappa shape index (κ2) is 5.84. The Kier molecular flexibility index (Phi) is 3.74. The van der Waals surface area contributed by atoms with Gasteiger partial charge in [0, 0.05) is 18.3 Å². The van der Waals surface area contributed by atoms with Gasteiger partial charge in [-0.25, -0.2) is 0 Å². The highest BCUT2D eigenvalue weighted by atomic mass is 35.5. The molecule has 108 valence electrons. The molecule has 0 aliphatic carbocycles. The lowest BCUT2D eigenvalue weighted by Crippen LogP contribution is -2.07. The highest BCUT2D eigenvalue weighted by Gasteiger charge is 2.14. The highest BCUT2D eigenvalue weighted by Crippen LogP contribution is 2.34. The lowest BCUT2D eigenvalue weighted by atomic mass is 10.3. The van der Waals surface area contributed by atoms with Crippen LogP contribution in [0.1, 0.15) is 0 Å². The number of hydrogen-bond acceptors (Lipinski definition) is 7. The highest BCUT2D eigenvalue weighted by molar-refractivity contribution is 6.28. The van der Waals surface area contributed by atoms with Crippen molar-refractivity contribution in [2.24, 2.45) is 0 Å². The van der Waals surface area contributed by atoms with Gasteiger partial charge in [0.1, 0.15) is 0 Å². The third-order valence-corrected chi connectivity index (χ3v) is 2.81. The fourth-order valence-electron chi connectivity index (χ4n) is 1.75. The fourth-order valence-corrected chi connectivity index (χ4v) is 1.91. The number of nitrogens with one attached hydrogen (secondary N) is 2. The molecule has 8 heteroatoms. The van der Waals surface area contributed by atoms with Crippen molar-refractivity contribution in [3.05, 3.63) is 36.1 Å². The zero-order valence-corrected chi connectivity index (χ0v) is 11.7. The molecule has 3 rings (SSSR count). The second-order valence-corrected chi connectivity index (χ2v) is 4.45. The first-order chi connectivity index (χ1) is 10.2. The summed E-state index contributed by atoms with van der Waals surface area (Å²) in [5.41, 5.74) is 0.760. The second-order valence-electron chi connectivity index (χ2n) is 4.11. The minimum atomic E-state index is 0.0970. The summed E-state index contributed by atoms with van der Waals surface area (Å²) in [4.78, 5) is 12.2. The summed E-state index contributed by atoms with van der Waals surface area (Å²) in [6, 6.07) is 5.45. The Morgan fingerprint density at radius 2 is 2.00 bits per heavy atom. The summed E-state index contributed by atoms with van der Waals surface area (Å²) < 4.78 is 10.6. The van der Waals surface area contributed by atoms with Gasteiger partial charge in [0.2, 0.25) is 24.0 Å². The van der Waals surface area contributed by atoms with Gasteiger partial charge in [0.05, 0.1) is 0 Å². The van der Waals surface area contributed by atoms with Crippen molar-refractivity contribution in [3.63, 3.8) is 0 Å². The first-order valence-corrected chi connectivity index (χ1v) is 6.55. The molecule has 0 amide bonds. The predicted molar refractivity (Wildman–Crippen MR) is 79.4 cm³/mol. The molecule has 0 saturated carbocycles. The number of aromatic nitrogens is 3. The van der Waals surface area contributed by atoms with Crippen LogP contribution in [0.25, 0.3) is 0 Å². The van der Waals surface area contributed by atoms with Crippen molar-refractivity contribution >= 4 is 29.2 Å². The van der Waals surface area contributed by atoms with Crippen LogP contribution in [-0.4, -0.2) is 28.3 Å². The van der Waals surface area contributed by atoms with Crippen LogP contribution in [0.15, 0.2) is 30.9 Å². The monoisotopic (exact) mass is 305 g/mol. The molecule has 0 bridgehead atoms. The van der Waals surface area contributed by atoms with Gasteiger partial charge in [-0.2, -0.15) is 15.0 Å². The Hall–Kier alpha value is -2.54. The van der Waals surface area contributed by atoms with Gasteiger partial charge >= 0.3 is 0 Å². The normalized spacial score (nSPS) is 12.0. The van der Waals surface area contributed by atoms with Gasteiger partial charge in [-0.15, -0.1) is 6.58 Å². The van der Waals surface area contributed by atoms with E-state index >= 15 is 0 Å². The molecule has 0 radical (unpaired) electrons. The first kappa shape index (κ1) is 13.4. The number of halogens is 1. The molecule has 1 aromatic heterocycles. The van der Waals surface area contributed by atoms with Crippen LogP contribution in [0.4, 0.5) is 17.6 Å². The predicted octanol–water partition coefficient (Wildman–Crippen LogP) is 2.60. The van der Waals surface area contributed by atoms with Crippen molar-refractivity contribution in [3.8, 4) is 11.5 Å². The molecule has 2 aromatic rings. The van der Waals surface area contributed by atoms with Crippen LogP contribution in [0, 0.1) is 0 Å². The maximum Gasteiger partial charge on any atom is 0.233 e. The van der Waals surface area contributed by atoms with Crippen LogP contribution >= 0.6 is 11.6 Å². The number of ether oxygens (including phenoxy) is 2. The van der Waals surface area contributed by atoms with E-state index in [4.69, 9.17) is 21.1 Å². The van der Waals surface area contributed by atoms with Crippen molar-refractivity contribution in [2.75, 3.05) is 24.0 Å². The Balaban J connectivity index is 1.80. The Morgan fingerprint density at radius 3 is 2.86 bits per heavy atom. The van der Waals surface area contributed by atoms with Crippen LogP contribution in [0.5, 0.6) is 11.5 Å². The number of fused-ring (bicyclic) bond motifs is 1. The maximum atomic E-state index is 5.88. The van der Waals surface area contributed by atoms with Crippen molar-refractivity contribution in [1.29, 1.82) is 0 Å². The van der Waals surface area contributed by atoms with E-state index in [2.05, 4.69) is 32.2 Å². The van der Waals surface area contributed by atoms with E-state index in [0.29, 0.717) is 29.9 Å². The Bertz CT molecular complexity index is 680. The zero-order valence-electron chi connectivity index (χ0n) is 11.0. The van der Waals surface area contributed by atoms with Crippen LogP contribution in [0.3, 0.4) is 0 Å². The quantitative estimate of drug-likeness (QED) is 0.822. The van der Waals surface area contributed by atoms with E-state index < -0.39 is 0 Å². The lowest BCUT2D eigenvalue weighted by molar-refractivity contribution is 0.174. The van der Waals surface area contributed by atoms with E-state index in [1.54, 1.807) is 12.1 Å². The van der Waals surface area contributed by atoms with Gasteiger partial charge in [0.15, 0.2) is 11.5 Å². The molecule has 7 nitrogen and oxygen atoms in total. The molecule has 0 unspecified atom stereocenters. The summed E-state index contributed by atoms with van der Waals surface area (Å²) in [7, 11) is 0. The third kappa shape index (κ3) is 3.14. The van der Waals surface area contributed by atoms with Crippen LogP contribution in [0.2, 0.25) is 5.28 Å². The van der Waals surface area contributed by atoms with Gasteiger partial charge in [-0.1, -0.05) is 6.08 Å². The zero-order chi connectivity index (χ0) is 14.7. The topological polar surface area (TPSA) is 81.2 Å². The average Bonchev–Trinajstić information content (AvgIpc) is 2.92. The SMILES string of the molecule is C=CCNc1nc(Cl)nc(Nc2ccc3c(c2)OCO3)n1. The molecule has 1 aliphatic rings. The van der Waals surface area contributed by atoms with E-state index in [9.17, 15) is 0 Å². The lowest BCUT2D eigenvalue weighted by Gasteiger charge is -2.08. The summed E-state index contributed by atoms with van der Waals surface area (Å²) in [6.45, 7) is 4.37. The summed E-state index contributed by atoms with van der Waals surface area (Å²) in [5.74, 6) is 2.09. The minimum Gasteiger partial charge on any atom is -0.454 e. The fraction of sp³-hybridized carbons (Fsp3) is 0.154. The smallest absolute Gasteiger partial charge is 0.233 e.